The van der Waals surface area contributed by atoms with Crippen LogP contribution in [0.5, 0.6) is 0 Å². The minimum Gasteiger partial charge on any atom is -0.325 e. The minimum atomic E-state index is -4.51. The van der Waals surface area contributed by atoms with E-state index < -0.39 is 17.6 Å². The lowest BCUT2D eigenvalue weighted by Crippen LogP contribution is -2.16. The maximum absolute atomic E-state index is 12.8. The lowest BCUT2D eigenvalue weighted by Gasteiger charge is -2.11. The molecule has 0 spiro atoms. The third-order valence-corrected chi connectivity index (χ3v) is 5.07. The van der Waals surface area contributed by atoms with E-state index in [-0.39, 0.29) is 28.8 Å². The molecule has 0 saturated heterocycles. The summed E-state index contributed by atoms with van der Waals surface area (Å²) >= 11 is 1.16. The number of halogens is 3. The summed E-state index contributed by atoms with van der Waals surface area (Å²) in [4.78, 5) is 29.0. The molecule has 3 aromatic rings. The van der Waals surface area contributed by atoms with Gasteiger partial charge < -0.3 is 10.6 Å². The second-order valence-corrected chi connectivity index (χ2v) is 8.05. The first-order chi connectivity index (χ1) is 15.1. The molecule has 0 saturated carbocycles. The molecule has 0 fully saturated rings. The van der Waals surface area contributed by atoms with Gasteiger partial charge in [-0.05, 0) is 36.4 Å². The number of hydrogen-bond acceptors (Lipinski definition) is 5. The summed E-state index contributed by atoms with van der Waals surface area (Å²) in [6.07, 6.45) is -4.51. The van der Waals surface area contributed by atoms with E-state index in [1.54, 1.807) is 12.1 Å². The van der Waals surface area contributed by atoms with Crippen molar-refractivity contribution in [2.45, 2.75) is 31.1 Å². The molecule has 0 aliphatic heterocycles. The van der Waals surface area contributed by atoms with Crippen LogP contribution in [0, 0.1) is 0 Å². The zero-order valence-electron chi connectivity index (χ0n) is 17.2. The van der Waals surface area contributed by atoms with Crippen LogP contribution in [0.3, 0.4) is 0 Å². The van der Waals surface area contributed by atoms with Crippen LogP contribution in [0.25, 0.3) is 0 Å². The van der Waals surface area contributed by atoms with Gasteiger partial charge in [-0.25, -0.2) is 4.98 Å². The third kappa shape index (κ3) is 6.33. The summed E-state index contributed by atoms with van der Waals surface area (Å²) in [6.45, 7) is 3.94. The van der Waals surface area contributed by atoms with Crippen molar-refractivity contribution < 1.29 is 22.8 Å². The van der Waals surface area contributed by atoms with Crippen molar-refractivity contribution in [2.24, 2.45) is 0 Å². The fourth-order valence-corrected chi connectivity index (χ4v) is 3.23. The number of benzene rings is 2. The van der Waals surface area contributed by atoms with E-state index in [0.717, 1.165) is 29.7 Å². The first-order valence-corrected chi connectivity index (χ1v) is 10.5. The van der Waals surface area contributed by atoms with E-state index in [2.05, 4.69) is 25.8 Å². The van der Waals surface area contributed by atoms with E-state index in [1.807, 2.05) is 13.8 Å². The van der Waals surface area contributed by atoms with Crippen LogP contribution >= 0.6 is 11.8 Å². The van der Waals surface area contributed by atoms with Crippen molar-refractivity contribution >= 4 is 35.0 Å². The molecule has 7 nitrogen and oxygen atoms in total. The predicted molar refractivity (Wildman–Crippen MR) is 116 cm³/mol. The number of nitrogens with one attached hydrogen (secondary N) is 3. The number of carbonyl (C=O) groups is 2. The van der Waals surface area contributed by atoms with Crippen LogP contribution in [-0.2, 0) is 11.0 Å². The molecule has 0 unspecified atom stereocenters. The number of alkyl halides is 3. The highest BCUT2D eigenvalue weighted by molar-refractivity contribution is 7.99. The normalized spacial score (nSPS) is 11.4. The lowest BCUT2D eigenvalue weighted by molar-refractivity contribution is -0.137. The largest absolute Gasteiger partial charge is 0.416 e. The number of amides is 2. The van der Waals surface area contributed by atoms with Crippen LogP contribution in [0.2, 0.25) is 0 Å². The van der Waals surface area contributed by atoms with Crippen molar-refractivity contribution in [3.63, 3.8) is 0 Å². The molecule has 0 bridgehead atoms. The number of H-pyrrole nitrogens is 1. The van der Waals surface area contributed by atoms with Crippen LogP contribution in [0.4, 0.5) is 24.5 Å². The number of anilines is 2. The summed E-state index contributed by atoms with van der Waals surface area (Å²) < 4.78 is 38.5. The average molecular weight is 463 g/mol. The fourth-order valence-electron chi connectivity index (χ4n) is 2.62. The van der Waals surface area contributed by atoms with Crippen molar-refractivity contribution in [2.75, 3.05) is 16.4 Å². The second-order valence-electron chi connectivity index (χ2n) is 7.11. The van der Waals surface area contributed by atoms with Crippen molar-refractivity contribution in [1.82, 2.24) is 15.2 Å². The quantitative estimate of drug-likeness (QED) is 0.432. The van der Waals surface area contributed by atoms with E-state index in [0.29, 0.717) is 10.8 Å². The molecule has 0 radical (unpaired) electrons. The Labute approximate surface area is 186 Å². The monoisotopic (exact) mass is 463 g/mol. The highest BCUT2D eigenvalue weighted by Crippen LogP contribution is 2.30. The number of aromatic amines is 1. The molecule has 2 aromatic carbocycles. The van der Waals surface area contributed by atoms with Crippen molar-refractivity contribution in [3.05, 3.63) is 65.5 Å². The summed E-state index contributed by atoms with van der Waals surface area (Å²) in [5.74, 6) is 0.0664. The van der Waals surface area contributed by atoms with Gasteiger partial charge in [-0.1, -0.05) is 37.7 Å². The molecule has 3 rings (SSSR count). The smallest absolute Gasteiger partial charge is 0.325 e. The van der Waals surface area contributed by atoms with Gasteiger partial charge >= 0.3 is 6.18 Å². The molecule has 2 amide bonds. The van der Waals surface area contributed by atoms with Crippen LogP contribution in [0.1, 0.15) is 41.5 Å². The van der Waals surface area contributed by atoms with Crippen LogP contribution in [0.15, 0.2) is 53.7 Å². The van der Waals surface area contributed by atoms with Gasteiger partial charge in [0.2, 0.25) is 11.1 Å². The van der Waals surface area contributed by atoms with Crippen LogP contribution < -0.4 is 10.6 Å². The Balaban J connectivity index is 1.59. The number of nitrogens with zero attached hydrogens (tertiary/aromatic N) is 2. The fraction of sp³-hybridized carbons (Fsp3) is 0.238. The summed E-state index contributed by atoms with van der Waals surface area (Å²) in [6, 6.07) is 10.5. The molecule has 1 heterocycles. The van der Waals surface area contributed by atoms with E-state index >= 15 is 0 Å². The zero-order valence-corrected chi connectivity index (χ0v) is 18.0. The molecular weight excluding hydrogens is 443 g/mol. The van der Waals surface area contributed by atoms with E-state index in [9.17, 15) is 22.8 Å². The van der Waals surface area contributed by atoms with Crippen molar-refractivity contribution in [3.8, 4) is 0 Å². The van der Waals surface area contributed by atoms with Gasteiger partial charge in [-0.2, -0.15) is 13.2 Å². The first kappa shape index (κ1) is 23.3. The Morgan fingerprint density at radius 3 is 2.41 bits per heavy atom. The second kappa shape index (κ2) is 9.86. The Morgan fingerprint density at radius 1 is 1.06 bits per heavy atom. The molecule has 1 aromatic heterocycles. The number of rotatable bonds is 7. The van der Waals surface area contributed by atoms with Gasteiger partial charge in [-0.15, -0.1) is 5.10 Å². The molecule has 0 aliphatic carbocycles. The standard InChI is InChI=1S/C21H20F3N5O2S/c1-12(2)18-27-20(29-28-18)32-11-17(30)25-15-7-3-5-13(9-15)19(31)26-16-8-4-6-14(10-16)21(22,23)24/h3-10,12H,11H2,1-2H3,(H,25,30)(H,26,31)(H,27,28,29). The summed E-state index contributed by atoms with van der Waals surface area (Å²) in [7, 11) is 0. The van der Waals surface area contributed by atoms with Gasteiger partial charge in [-0.3, -0.25) is 14.7 Å². The highest BCUT2D eigenvalue weighted by atomic mass is 32.2. The average Bonchev–Trinajstić information content (AvgIpc) is 3.22. The molecule has 3 N–H and O–H groups in total. The van der Waals surface area contributed by atoms with E-state index in [4.69, 9.17) is 0 Å². The molecule has 168 valence electrons. The van der Waals surface area contributed by atoms with Crippen molar-refractivity contribution in [1.29, 1.82) is 0 Å². The predicted octanol–water partition coefficient (Wildman–Crippen LogP) is 4.93. The third-order valence-electron chi connectivity index (χ3n) is 4.22. The molecule has 32 heavy (non-hydrogen) atoms. The van der Waals surface area contributed by atoms with Gasteiger partial charge in [0.25, 0.3) is 5.91 Å². The molecular formula is C21H20F3N5O2S. The molecule has 0 atom stereocenters. The van der Waals surface area contributed by atoms with E-state index in [1.165, 1.54) is 24.3 Å². The summed E-state index contributed by atoms with van der Waals surface area (Å²) in [5.41, 5.74) is -0.280. The van der Waals surface area contributed by atoms with Gasteiger partial charge in [0, 0.05) is 22.9 Å². The minimum absolute atomic E-state index is 0.0166. The lowest BCUT2D eigenvalue weighted by atomic mass is 10.1. The first-order valence-electron chi connectivity index (χ1n) is 9.55. The van der Waals surface area contributed by atoms with Crippen LogP contribution in [-0.4, -0.2) is 32.7 Å². The Kier molecular flexibility index (Phi) is 7.18. The maximum atomic E-state index is 12.8. The Morgan fingerprint density at radius 2 is 1.75 bits per heavy atom. The number of thioether (sulfide) groups is 1. The number of aromatic nitrogens is 3. The summed E-state index contributed by atoms with van der Waals surface area (Å²) in [5, 5.41) is 12.4. The van der Waals surface area contributed by atoms with Gasteiger partial charge in [0.1, 0.15) is 5.82 Å². The maximum Gasteiger partial charge on any atom is 0.416 e. The number of carbonyl (C=O) groups excluding carboxylic acids is 2. The Hall–Kier alpha value is -3.34. The topological polar surface area (TPSA) is 99.8 Å². The zero-order chi connectivity index (χ0) is 23.3. The molecule has 0 aliphatic rings. The molecule has 11 heteroatoms. The Bertz CT molecular complexity index is 1110. The highest BCUT2D eigenvalue weighted by Gasteiger charge is 2.30. The van der Waals surface area contributed by atoms with Gasteiger partial charge in [0.15, 0.2) is 0 Å². The van der Waals surface area contributed by atoms with Gasteiger partial charge in [0.05, 0.1) is 11.3 Å². The SMILES string of the molecule is CC(C)c1nc(SCC(=O)Nc2cccc(C(=O)Nc3cccc(C(F)(F)F)c3)c2)n[nH]1. The number of hydrogen-bond donors (Lipinski definition) is 3.